The predicted octanol–water partition coefficient (Wildman–Crippen LogP) is 4.21. The molecule has 0 radical (unpaired) electrons. The van der Waals surface area contributed by atoms with Crippen molar-refractivity contribution in [1.82, 2.24) is 0 Å². The first-order valence-electron chi connectivity index (χ1n) is 6.50. The lowest BCUT2D eigenvalue weighted by Crippen LogP contribution is -2.22. The summed E-state index contributed by atoms with van der Waals surface area (Å²) in [5.74, 6) is -0.364. The Kier molecular flexibility index (Phi) is 4.63. The van der Waals surface area contributed by atoms with Crippen LogP contribution in [0.5, 0.6) is 0 Å². The molecular weight excluding hydrogens is 275 g/mol. The van der Waals surface area contributed by atoms with Gasteiger partial charge in [0.25, 0.3) is 0 Å². The Hall–Kier alpha value is -1.58. The van der Waals surface area contributed by atoms with Gasteiger partial charge in [-0.3, -0.25) is 0 Å². The molecule has 4 heteroatoms. The molecule has 1 unspecified atom stereocenters. The summed E-state index contributed by atoms with van der Waals surface area (Å²) in [6.45, 7) is 4.51. The summed E-state index contributed by atoms with van der Waals surface area (Å²) in [7, 11) is 0. The number of benzene rings is 2. The van der Waals surface area contributed by atoms with Crippen molar-refractivity contribution < 1.29 is 4.39 Å². The number of hydrogen-bond acceptors (Lipinski definition) is 2. The van der Waals surface area contributed by atoms with Crippen LogP contribution in [0.3, 0.4) is 0 Å². The van der Waals surface area contributed by atoms with Gasteiger partial charge in [0, 0.05) is 17.3 Å². The van der Waals surface area contributed by atoms with Crippen LogP contribution >= 0.6 is 11.6 Å². The molecule has 0 amide bonds. The highest BCUT2D eigenvalue weighted by Crippen LogP contribution is 2.26. The lowest BCUT2D eigenvalue weighted by Gasteiger charge is -2.22. The van der Waals surface area contributed by atoms with Gasteiger partial charge in [0.05, 0.1) is 6.04 Å². The number of halogens is 2. The molecule has 0 saturated carbocycles. The zero-order valence-corrected chi connectivity index (χ0v) is 12.3. The Bertz CT molecular complexity index is 573. The quantitative estimate of drug-likeness (QED) is 0.886. The van der Waals surface area contributed by atoms with E-state index in [1.165, 1.54) is 12.1 Å². The average Bonchev–Trinajstić information content (AvgIpc) is 2.36. The van der Waals surface area contributed by atoms with E-state index in [1.54, 1.807) is 6.07 Å². The smallest absolute Gasteiger partial charge is 0.126 e. The standard InChI is InChI=1S/C16H18ClFN2/c1-10-4-3-5-11(2)16(10)15(9-19)20-14-7-12(17)6-13(18)8-14/h3-8,15,20H,9,19H2,1-2H3. The van der Waals surface area contributed by atoms with Crippen LogP contribution in [0.2, 0.25) is 5.02 Å². The zero-order chi connectivity index (χ0) is 14.7. The molecule has 20 heavy (non-hydrogen) atoms. The van der Waals surface area contributed by atoms with Gasteiger partial charge < -0.3 is 11.1 Å². The number of rotatable bonds is 4. The number of aryl methyl sites for hydroxylation is 2. The molecule has 0 spiro atoms. The molecule has 0 saturated heterocycles. The van der Waals surface area contributed by atoms with Gasteiger partial charge in [0.1, 0.15) is 5.82 Å². The van der Waals surface area contributed by atoms with E-state index in [0.717, 1.165) is 16.7 Å². The maximum absolute atomic E-state index is 13.4. The molecule has 0 aliphatic heterocycles. The lowest BCUT2D eigenvalue weighted by molar-refractivity contribution is 0.627. The fourth-order valence-corrected chi connectivity index (χ4v) is 2.69. The van der Waals surface area contributed by atoms with Crippen molar-refractivity contribution in [1.29, 1.82) is 0 Å². The molecule has 106 valence electrons. The van der Waals surface area contributed by atoms with Crippen LogP contribution in [0, 0.1) is 19.7 Å². The highest BCUT2D eigenvalue weighted by atomic mass is 35.5. The van der Waals surface area contributed by atoms with E-state index < -0.39 is 0 Å². The maximum atomic E-state index is 13.4. The number of hydrogen-bond donors (Lipinski definition) is 2. The van der Waals surface area contributed by atoms with Crippen molar-refractivity contribution in [2.24, 2.45) is 5.73 Å². The Morgan fingerprint density at radius 3 is 2.40 bits per heavy atom. The first kappa shape index (κ1) is 14.8. The normalized spacial score (nSPS) is 12.2. The summed E-state index contributed by atoms with van der Waals surface area (Å²) in [5.41, 5.74) is 9.98. The van der Waals surface area contributed by atoms with Crippen molar-refractivity contribution in [2.75, 3.05) is 11.9 Å². The van der Waals surface area contributed by atoms with Gasteiger partial charge in [0.15, 0.2) is 0 Å². The third-order valence-electron chi connectivity index (χ3n) is 3.33. The predicted molar refractivity (Wildman–Crippen MR) is 82.7 cm³/mol. The van der Waals surface area contributed by atoms with Gasteiger partial charge in [0.2, 0.25) is 0 Å². The molecule has 0 heterocycles. The summed E-state index contributed by atoms with van der Waals surface area (Å²) in [4.78, 5) is 0. The van der Waals surface area contributed by atoms with Crippen LogP contribution in [-0.2, 0) is 0 Å². The molecule has 2 aromatic rings. The van der Waals surface area contributed by atoms with Crippen molar-refractivity contribution in [3.63, 3.8) is 0 Å². The lowest BCUT2D eigenvalue weighted by atomic mass is 9.96. The number of anilines is 1. The van der Waals surface area contributed by atoms with E-state index in [4.69, 9.17) is 17.3 Å². The summed E-state index contributed by atoms with van der Waals surface area (Å²) in [6, 6.07) is 10.4. The third-order valence-corrected chi connectivity index (χ3v) is 3.55. The minimum Gasteiger partial charge on any atom is -0.377 e. The van der Waals surface area contributed by atoms with Crippen LogP contribution in [-0.4, -0.2) is 6.54 Å². The van der Waals surface area contributed by atoms with E-state index >= 15 is 0 Å². The van der Waals surface area contributed by atoms with Gasteiger partial charge in [-0.2, -0.15) is 0 Å². The van der Waals surface area contributed by atoms with E-state index in [-0.39, 0.29) is 11.9 Å². The minimum atomic E-state index is -0.364. The summed E-state index contributed by atoms with van der Waals surface area (Å²) >= 11 is 5.87. The maximum Gasteiger partial charge on any atom is 0.126 e. The van der Waals surface area contributed by atoms with Crippen LogP contribution < -0.4 is 11.1 Å². The fraction of sp³-hybridized carbons (Fsp3) is 0.250. The molecule has 0 bridgehead atoms. The second-order valence-corrected chi connectivity index (χ2v) is 5.33. The van der Waals surface area contributed by atoms with Crippen LogP contribution in [0.1, 0.15) is 22.7 Å². The molecule has 0 aromatic heterocycles. The van der Waals surface area contributed by atoms with Crippen molar-refractivity contribution in [2.45, 2.75) is 19.9 Å². The summed E-state index contributed by atoms with van der Waals surface area (Å²) in [6.07, 6.45) is 0. The molecule has 3 N–H and O–H groups in total. The first-order chi connectivity index (χ1) is 9.51. The summed E-state index contributed by atoms with van der Waals surface area (Å²) in [5, 5.41) is 3.62. The van der Waals surface area contributed by atoms with Crippen molar-refractivity contribution >= 4 is 17.3 Å². The van der Waals surface area contributed by atoms with Gasteiger partial charge in [-0.05, 0) is 48.7 Å². The Balaban J connectivity index is 2.34. The largest absolute Gasteiger partial charge is 0.377 e. The van der Waals surface area contributed by atoms with Crippen LogP contribution in [0.4, 0.5) is 10.1 Å². The van der Waals surface area contributed by atoms with Gasteiger partial charge in [-0.1, -0.05) is 29.8 Å². The molecule has 0 aliphatic rings. The third kappa shape index (κ3) is 3.30. The van der Waals surface area contributed by atoms with Crippen molar-refractivity contribution in [3.8, 4) is 0 Å². The van der Waals surface area contributed by atoms with Crippen LogP contribution in [0.25, 0.3) is 0 Å². The molecule has 2 nitrogen and oxygen atoms in total. The van der Waals surface area contributed by atoms with Gasteiger partial charge >= 0.3 is 0 Å². The molecular formula is C16H18ClFN2. The molecule has 0 aliphatic carbocycles. The molecule has 2 aromatic carbocycles. The topological polar surface area (TPSA) is 38.0 Å². The number of nitrogens with two attached hydrogens (primary N) is 1. The molecule has 1 atom stereocenters. The SMILES string of the molecule is Cc1cccc(C)c1C(CN)Nc1cc(F)cc(Cl)c1. The monoisotopic (exact) mass is 292 g/mol. The Morgan fingerprint density at radius 1 is 1.20 bits per heavy atom. The average molecular weight is 293 g/mol. The van der Waals surface area contributed by atoms with E-state index in [9.17, 15) is 4.39 Å². The minimum absolute atomic E-state index is 0.0749. The highest BCUT2D eigenvalue weighted by Gasteiger charge is 2.15. The van der Waals surface area contributed by atoms with E-state index in [2.05, 4.69) is 5.32 Å². The second-order valence-electron chi connectivity index (χ2n) is 4.90. The van der Waals surface area contributed by atoms with E-state index in [1.807, 2.05) is 32.0 Å². The molecule has 2 rings (SSSR count). The first-order valence-corrected chi connectivity index (χ1v) is 6.88. The van der Waals surface area contributed by atoms with Crippen LogP contribution in [0.15, 0.2) is 36.4 Å². The van der Waals surface area contributed by atoms with E-state index in [0.29, 0.717) is 17.3 Å². The Morgan fingerprint density at radius 2 is 1.85 bits per heavy atom. The molecule has 0 fully saturated rings. The second kappa shape index (κ2) is 6.25. The highest BCUT2D eigenvalue weighted by molar-refractivity contribution is 6.30. The van der Waals surface area contributed by atoms with Crippen molar-refractivity contribution in [3.05, 3.63) is 63.9 Å². The number of nitrogens with one attached hydrogen (secondary N) is 1. The van der Waals surface area contributed by atoms with Gasteiger partial charge in [-0.15, -0.1) is 0 Å². The fourth-order valence-electron chi connectivity index (χ4n) is 2.46. The summed E-state index contributed by atoms with van der Waals surface area (Å²) < 4.78 is 13.4. The van der Waals surface area contributed by atoms with Gasteiger partial charge in [-0.25, -0.2) is 4.39 Å². The Labute approximate surface area is 123 Å². The zero-order valence-electron chi connectivity index (χ0n) is 11.6.